The SMILES string of the molecule is CNC(=O)c1c(-c2ccc(F)cc2)oc2cc(N(C)S(C)(=O)=O)c(-c3cccc(-c4cc5ccccc5n4Cc4cccnc4)c3)cc12. The number of carbonyl (C=O) groups excluding carboxylic acids is 1. The first kappa shape index (κ1) is 30.9. The van der Waals surface area contributed by atoms with E-state index in [-0.39, 0.29) is 11.3 Å². The maximum absolute atomic E-state index is 13.8. The number of aromatic nitrogens is 2. The van der Waals surface area contributed by atoms with Crippen molar-refractivity contribution in [2.24, 2.45) is 0 Å². The number of hydrogen-bond acceptors (Lipinski definition) is 5. The lowest BCUT2D eigenvalue weighted by molar-refractivity contribution is 0.0964. The van der Waals surface area contributed by atoms with Crippen LogP contribution in [0.2, 0.25) is 0 Å². The third kappa shape index (κ3) is 5.60. The minimum absolute atomic E-state index is 0.253. The second kappa shape index (κ2) is 12.1. The van der Waals surface area contributed by atoms with E-state index in [1.54, 1.807) is 18.3 Å². The van der Waals surface area contributed by atoms with E-state index in [9.17, 15) is 17.6 Å². The molecule has 1 N–H and O–H groups in total. The third-order valence-corrected chi connectivity index (χ3v) is 9.74. The second-order valence-corrected chi connectivity index (χ2v) is 13.6. The van der Waals surface area contributed by atoms with Crippen LogP contribution in [0.15, 0.2) is 120 Å². The molecule has 0 aliphatic rings. The summed E-state index contributed by atoms with van der Waals surface area (Å²) < 4.78 is 49.3. The van der Waals surface area contributed by atoms with Gasteiger partial charge in [0.2, 0.25) is 10.0 Å². The highest BCUT2D eigenvalue weighted by Crippen LogP contribution is 2.42. The number of fused-ring (bicyclic) bond motifs is 2. The van der Waals surface area contributed by atoms with Crippen LogP contribution in [-0.2, 0) is 16.6 Å². The second-order valence-electron chi connectivity index (χ2n) is 11.6. The maximum Gasteiger partial charge on any atom is 0.255 e. The lowest BCUT2D eigenvalue weighted by Crippen LogP contribution is -2.25. The number of hydrogen-bond donors (Lipinski definition) is 1. The van der Waals surface area contributed by atoms with Gasteiger partial charge in [0.1, 0.15) is 17.2 Å². The van der Waals surface area contributed by atoms with E-state index in [4.69, 9.17) is 4.42 Å². The number of amides is 1. The first-order valence-corrected chi connectivity index (χ1v) is 17.1. The Morgan fingerprint density at radius 1 is 0.917 bits per heavy atom. The standard InChI is InChI=1S/C38H31FN4O4S/c1-40-38(44)36-31-20-30(34(42(2)48(3,45)46)21-35(31)47-37(36)25-13-15-29(39)16-14-25)26-10-6-11-27(18-26)33-19-28-9-4-5-12-32(28)43(33)23-24-8-7-17-41-22-24/h4-22H,23H2,1-3H3,(H,40,44). The molecular weight excluding hydrogens is 628 g/mol. The van der Waals surface area contributed by atoms with E-state index in [0.717, 1.165) is 39.5 Å². The fraction of sp³-hybridized carbons (Fsp3) is 0.105. The van der Waals surface area contributed by atoms with Crippen LogP contribution in [-0.4, -0.2) is 44.2 Å². The summed E-state index contributed by atoms with van der Waals surface area (Å²) in [6.45, 7) is 0.603. The molecule has 0 aliphatic carbocycles. The molecule has 0 bridgehead atoms. The van der Waals surface area contributed by atoms with Gasteiger partial charge in [0.05, 0.1) is 17.5 Å². The lowest BCUT2D eigenvalue weighted by Gasteiger charge is -2.21. The molecule has 0 aliphatic heterocycles. The summed E-state index contributed by atoms with van der Waals surface area (Å²) in [5.74, 6) is -0.560. The van der Waals surface area contributed by atoms with Crippen molar-refractivity contribution in [1.82, 2.24) is 14.9 Å². The fourth-order valence-electron chi connectivity index (χ4n) is 6.10. The number of rotatable bonds is 8. The first-order chi connectivity index (χ1) is 23.1. The molecule has 0 radical (unpaired) electrons. The molecule has 4 aromatic carbocycles. The van der Waals surface area contributed by atoms with Crippen LogP contribution in [0.3, 0.4) is 0 Å². The van der Waals surface area contributed by atoms with Crippen molar-refractivity contribution in [1.29, 1.82) is 0 Å². The Morgan fingerprint density at radius 2 is 1.69 bits per heavy atom. The minimum Gasteiger partial charge on any atom is -0.455 e. The average Bonchev–Trinajstić information content (AvgIpc) is 3.66. The highest BCUT2D eigenvalue weighted by molar-refractivity contribution is 7.92. The number of pyridine rings is 1. The van der Waals surface area contributed by atoms with Gasteiger partial charge in [-0.05, 0) is 71.3 Å². The van der Waals surface area contributed by atoms with Crippen molar-refractivity contribution in [3.63, 3.8) is 0 Å². The largest absolute Gasteiger partial charge is 0.455 e. The molecule has 8 nitrogen and oxygen atoms in total. The molecule has 7 rings (SSSR count). The van der Waals surface area contributed by atoms with E-state index in [0.29, 0.717) is 34.3 Å². The Kier molecular flexibility index (Phi) is 7.80. The molecule has 0 saturated heterocycles. The number of carbonyl (C=O) groups is 1. The van der Waals surface area contributed by atoms with Crippen LogP contribution in [0.25, 0.3) is 55.6 Å². The van der Waals surface area contributed by atoms with E-state index in [2.05, 4.69) is 33.1 Å². The van der Waals surface area contributed by atoms with E-state index in [1.807, 2.05) is 54.7 Å². The summed E-state index contributed by atoms with van der Waals surface area (Å²) in [6, 6.07) is 31.3. The van der Waals surface area contributed by atoms with E-state index >= 15 is 0 Å². The normalized spacial score (nSPS) is 11.7. The van der Waals surface area contributed by atoms with Gasteiger partial charge in [0, 0.05) is 72.2 Å². The minimum atomic E-state index is -3.70. The van der Waals surface area contributed by atoms with Crippen LogP contribution >= 0.6 is 0 Å². The maximum atomic E-state index is 13.8. The monoisotopic (exact) mass is 658 g/mol. The van der Waals surface area contributed by atoms with Crippen LogP contribution in [0, 0.1) is 5.82 Å². The van der Waals surface area contributed by atoms with E-state index < -0.39 is 21.7 Å². The molecule has 240 valence electrons. The molecule has 3 aromatic heterocycles. The van der Waals surface area contributed by atoms with Crippen LogP contribution in [0.1, 0.15) is 15.9 Å². The van der Waals surface area contributed by atoms with Gasteiger partial charge in [-0.1, -0.05) is 42.5 Å². The smallest absolute Gasteiger partial charge is 0.255 e. The Bertz CT molecular complexity index is 2440. The number of nitrogens with zero attached hydrogens (tertiary/aromatic N) is 3. The molecule has 0 atom stereocenters. The number of sulfonamides is 1. The fourth-order valence-corrected chi connectivity index (χ4v) is 6.61. The average molecular weight is 659 g/mol. The van der Waals surface area contributed by atoms with Crippen molar-refractivity contribution in [3.8, 4) is 33.7 Å². The van der Waals surface area contributed by atoms with Gasteiger partial charge in [0.15, 0.2) is 0 Å². The van der Waals surface area contributed by atoms with E-state index in [1.165, 1.54) is 42.7 Å². The van der Waals surface area contributed by atoms with Crippen LogP contribution in [0.5, 0.6) is 0 Å². The lowest BCUT2D eigenvalue weighted by atomic mass is 9.96. The highest BCUT2D eigenvalue weighted by Gasteiger charge is 2.26. The van der Waals surface area contributed by atoms with Crippen molar-refractivity contribution in [2.45, 2.75) is 6.54 Å². The molecule has 3 heterocycles. The predicted octanol–water partition coefficient (Wildman–Crippen LogP) is 7.73. The molecule has 0 unspecified atom stereocenters. The number of halogens is 1. The van der Waals surface area contributed by atoms with Gasteiger partial charge in [-0.25, -0.2) is 12.8 Å². The third-order valence-electron chi connectivity index (χ3n) is 8.55. The molecule has 0 spiro atoms. The Morgan fingerprint density at radius 3 is 2.42 bits per heavy atom. The van der Waals surface area contributed by atoms with Gasteiger partial charge in [0.25, 0.3) is 5.91 Å². The highest BCUT2D eigenvalue weighted by atomic mass is 32.2. The Hall–Kier alpha value is -5.74. The molecule has 7 aromatic rings. The summed E-state index contributed by atoms with van der Waals surface area (Å²) in [4.78, 5) is 17.6. The molecule has 0 fully saturated rings. The number of nitrogens with one attached hydrogen (secondary N) is 1. The topological polar surface area (TPSA) is 97.4 Å². The number of para-hydroxylation sites is 1. The number of anilines is 1. The van der Waals surface area contributed by atoms with Crippen LogP contribution in [0.4, 0.5) is 10.1 Å². The van der Waals surface area contributed by atoms with Gasteiger partial charge in [-0.2, -0.15) is 0 Å². The Labute approximate surface area is 277 Å². The zero-order chi connectivity index (χ0) is 33.6. The zero-order valence-electron chi connectivity index (χ0n) is 26.4. The summed E-state index contributed by atoms with van der Waals surface area (Å²) in [5.41, 5.74) is 6.82. The summed E-state index contributed by atoms with van der Waals surface area (Å²) in [7, 11) is -0.687. The van der Waals surface area contributed by atoms with Gasteiger partial charge in [-0.3, -0.25) is 14.1 Å². The molecule has 10 heteroatoms. The molecule has 0 saturated carbocycles. The van der Waals surface area contributed by atoms with Gasteiger partial charge >= 0.3 is 0 Å². The Balaban J connectivity index is 1.45. The van der Waals surface area contributed by atoms with Crippen molar-refractivity contribution in [3.05, 3.63) is 132 Å². The van der Waals surface area contributed by atoms with Crippen molar-refractivity contribution in [2.75, 3.05) is 24.7 Å². The number of furan rings is 1. The van der Waals surface area contributed by atoms with Gasteiger partial charge < -0.3 is 14.3 Å². The zero-order valence-corrected chi connectivity index (χ0v) is 27.3. The summed E-state index contributed by atoms with van der Waals surface area (Å²) in [5, 5.41) is 4.26. The van der Waals surface area contributed by atoms with Crippen molar-refractivity contribution >= 4 is 43.5 Å². The summed E-state index contributed by atoms with van der Waals surface area (Å²) in [6.07, 6.45) is 4.74. The predicted molar refractivity (Wildman–Crippen MR) is 188 cm³/mol. The van der Waals surface area contributed by atoms with Crippen LogP contribution < -0.4 is 9.62 Å². The molecule has 48 heavy (non-hydrogen) atoms. The summed E-state index contributed by atoms with van der Waals surface area (Å²) >= 11 is 0. The molecule has 1 amide bonds. The van der Waals surface area contributed by atoms with Crippen molar-refractivity contribution < 1.29 is 22.0 Å². The quantitative estimate of drug-likeness (QED) is 0.180. The molecular formula is C38H31FN4O4S. The first-order valence-electron chi connectivity index (χ1n) is 15.2. The number of benzene rings is 4. The van der Waals surface area contributed by atoms with Gasteiger partial charge in [-0.15, -0.1) is 0 Å².